The van der Waals surface area contributed by atoms with Crippen molar-refractivity contribution in [2.24, 2.45) is 4.99 Å². The van der Waals surface area contributed by atoms with E-state index in [-0.39, 0.29) is 0 Å². The third-order valence-electron chi connectivity index (χ3n) is 4.35. The van der Waals surface area contributed by atoms with Gasteiger partial charge in [0.2, 0.25) is 0 Å². The van der Waals surface area contributed by atoms with Crippen molar-refractivity contribution >= 4 is 21.8 Å². The maximum absolute atomic E-state index is 11.5. The van der Waals surface area contributed by atoms with Crippen LogP contribution in [0.15, 0.2) is 51.9 Å². The number of benzene rings is 2. The molecule has 3 nitrogen and oxygen atoms in total. The molecular formula is C17H15BrN2O. The van der Waals surface area contributed by atoms with Gasteiger partial charge in [-0.15, -0.1) is 0 Å². The third-order valence-corrected chi connectivity index (χ3v) is 5.20. The van der Waals surface area contributed by atoms with E-state index in [2.05, 4.69) is 20.9 Å². The molecule has 2 aliphatic rings. The maximum atomic E-state index is 11.5. The Morgan fingerprint density at radius 1 is 1.24 bits per heavy atom. The van der Waals surface area contributed by atoms with E-state index in [4.69, 9.17) is 0 Å². The summed E-state index contributed by atoms with van der Waals surface area (Å²) in [6.07, 6.45) is 0. The predicted molar refractivity (Wildman–Crippen MR) is 86.4 cm³/mol. The van der Waals surface area contributed by atoms with E-state index in [1.165, 1.54) is 0 Å². The van der Waals surface area contributed by atoms with Crippen molar-refractivity contribution < 1.29 is 5.11 Å². The van der Waals surface area contributed by atoms with Crippen LogP contribution in [0.5, 0.6) is 0 Å². The van der Waals surface area contributed by atoms with Gasteiger partial charge < -0.3 is 10.0 Å². The second-order valence-corrected chi connectivity index (χ2v) is 6.39. The molecule has 0 amide bonds. The van der Waals surface area contributed by atoms with Crippen molar-refractivity contribution in [3.63, 3.8) is 0 Å². The summed E-state index contributed by atoms with van der Waals surface area (Å²) in [5, 5.41) is 11.5. The largest absolute Gasteiger partial charge is 0.363 e. The summed E-state index contributed by atoms with van der Waals surface area (Å²) in [6.45, 7) is 3.52. The quantitative estimate of drug-likeness (QED) is 0.864. The van der Waals surface area contributed by atoms with Crippen LogP contribution >= 0.6 is 15.9 Å². The summed E-state index contributed by atoms with van der Waals surface area (Å²) in [6, 6.07) is 14.0. The van der Waals surface area contributed by atoms with Crippen LogP contribution in [-0.4, -0.2) is 28.9 Å². The zero-order valence-corrected chi connectivity index (χ0v) is 13.3. The Kier molecular flexibility index (Phi) is 2.75. The molecule has 4 rings (SSSR count). The van der Waals surface area contributed by atoms with Gasteiger partial charge in [0, 0.05) is 27.7 Å². The molecule has 2 aromatic carbocycles. The molecule has 21 heavy (non-hydrogen) atoms. The molecule has 0 aromatic heterocycles. The van der Waals surface area contributed by atoms with Gasteiger partial charge in [-0.1, -0.05) is 52.3 Å². The Morgan fingerprint density at radius 3 is 2.86 bits per heavy atom. The molecule has 0 fully saturated rings. The van der Waals surface area contributed by atoms with Crippen LogP contribution in [0.4, 0.5) is 0 Å². The molecular weight excluding hydrogens is 328 g/mol. The van der Waals surface area contributed by atoms with E-state index in [1.54, 1.807) is 0 Å². The standard InChI is InChI=1S/C17H15BrN2O/c1-11-6-7-12(10-15(11)18)17(21)14-5-3-2-4-13(14)16-19-8-9-20(16)17/h2-7,10,21H,8-9H2,1H3. The second kappa shape index (κ2) is 4.42. The van der Waals surface area contributed by atoms with Gasteiger partial charge in [0.25, 0.3) is 0 Å². The number of aryl methyl sites for hydroxylation is 1. The minimum Gasteiger partial charge on any atom is -0.363 e. The fourth-order valence-corrected chi connectivity index (χ4v) is 3.62. The highest BCUT2D eigenvalue weighted by Gasteiger charge is 2.49. The Hall–Kier alpha value is -1.65. The van der Waals surface area contributed by atoms with E-state index in [0.717, 1.165) is 45.7 Å². The second-order valence-electron chi connectivity index (χ2n) is 5.54. The minimum atomic E-state index is -1.12. The molecule has 2 aliphatic heterocycles. The van der Waals surface area contributed by atoms with Crippen LogP contribution in [0.25, 0.3) is 0 Å². The first-order valence-electron chi connectivity index (χ1n) is 7.03. The van der Waals surface area contributed by atoms with Crippen LogP contribution in [0, 0.1) is 6.92 Å². The van der Waals surface area contributed by atoms with Gasteiger partial charge in [-0.3, -0.25) is 4.99 Å². The molecule has 0 spiro atoms. The van der Waals surface area contributed by atoms with Gasteiger partial charge in [0.05, 0.1) is 6.54 Å². The molecule has 0 saturated heterocycles. The van der Waals surface area contributed by atoms with Crippen molar-refractivity contribution in [3.05, 3.63) is 69.2 Å². The average Bonchev–Trinajstić information content (AvgIpc) is 3.06. The zero-order valence-electron chi connectivity index (χ0n) is 11.7. The first kappa shape index (κ1) is 13.0. The molecule has 1 unspecified atom stereocenters. The molecule has 106 valence electrons. The van der Waals surface area contributed by atoms with Gasteiger partial charge in [-0.05, 0) is 18.6 Å². The zero-order chi connectivity index (χ0) is 14.6. The van der Waals surface area contributed by atoms with Gasteiger partial charge in [-0.25, -0.2) is 0 Å². The predicted octanol–water partition coefficient (Wildman–Crippen LogP) is 3.03. The number of hydrogen-bond acceptors (Lipinski definition) is 3. The van der Waals surface area contributed by atoms with Crippen molar-refractivity contribution in [2.75, 3.05) is 13.1 Å². The number of rotatable bonds is 1. The molecule has 0 radical (unpaired) electrons. The molecule has 2 heterocycles. The number of amidine groups is 1. The number of aliphatic hydroxyl groups is 1. The number of fused-ring (bicyclic) bond motifs is 3. The van der Waals surface area contributed by atoms with Gasteiger partial charge >= 0.3 is 0 Å². The third kappa shape index (κ3) is 1.66. The highest BCUT2D eigenvalue weighted by Crippen LogP contribution is 2.44. The van der Waals surface area contributed by atoms with Crippen molar-refractivity contribution in [2.45, 2.75) is 12.6 Å². The molecule has 0 aliphatic carbocycles. The maximum Gasteiger partial charge on any atom is 0.193 e. The summed E-state index contributed by atoms with van der Waals surface area (Å²) in [5.41, 5.74) is 2.86. The molecule has 1 N–H and O–H groups in total. The number of halogens is 1. The molecule has 4 heteroatoms. The topological polar surface area (TPSA) is 35.8 Å². The smallest absolute Gasteiger partial charge is 0.193 e. The number of aliphatic imine (C=N–C) groups is 1. The summed E-state index contributed by atoms with van der Waals surface area (Å²) < 4.78 is 1.01. The first-order valence-corrected chi connectivity index (χ1v) is 7.82. The number of hydrogen-bond donors (Lipinski definition) is 1. The van der Waals surface area contributed by atoms with Crippen LogP contribution in [-0.2, 0) is 5.72 Å². The first-order chi connectivity index (χ1) is 10.1. The van der Waals surface area contributed by atoms with Crippen molar-refractivity contribution in [3.8, 4) is 0 Å². The molecule has 0 bridgehead atoms. The lowest BCUT2D eigenvalue weighted by Crippen LogP contribution is -2.43. The van der Waals surface area contributed by atoms with E-state index in [9.17, 15) is 5.11 Å². The summed E-state index contributed by atoms with van der Waals surface area (Å²) in [7, 11) is 0. The van der Waals surface area contributed by atoms with E-state index < -0.39 is 5.72 Å². The lowest BCUT2D eigenvalue weighted by Gasteiger charge is -2.34. The average molecular weight is 343 g/mol. The fourth-order valence-electron chi connectivity index (χ4n) is 3.24. The van der Waals surface area contributed by atoms with Crippen molar-refractivity contribution in [1.29, 1.82) is 0 Å². The van der Waals surface area contributed by atoms with Gasteiger partial charge in [0.15, 0.2) is 5.72 Å². The minimum absolute atomic E-state index is 0.735. The lowest BCUT2D eigenvalue weighted by molar-refractivity contribution is -0.0242. The van der Waals surface area contributed by atoms with Crippen LogP contribution in [0.1, 0.15) is 22.3 Å². The van der Waals surface area contributed by atoms with E-state index in [0.29, 0.717) is 0 Å². The van der Waals surface area contributed by atoms with E-state index in [1.807, 2.05) is 54.3 Å². The van der Waals surface area contributed by atoms with E-state index >= 15 is 0 Å². The summed E-state index contributed by atoms with van der Waals surface area (Å²) >= 11 is 3.57. The summed E-state index contributed by atoms with van der Waals surface area (Å²) in [4.78, 5) is 6.58. The molecule has 0 saturated carbocycles. The number of nitrogens with zero attached hydrogens (tertiary/aromatic N) is 2. The van der Waals surface area contributed by atoms with Crippen molar-refractivity contribution in [1.82, 2.24) is 4.90 Å². The van der Waals surface area contributed by atoms with Gasteiger partial charge in [-0.2, -0.15) is 0 Å². The fraction of sp³-hybridized carbons (Fsp3) is 0.235. The van der Waals surface area contributed by atoms with Gasteiger partial charge in [0.1, 0.15) is 5.84 Å². The highest BCUT2D eigenvalue weighted by atomic mass is 79.9. The Morgan fingerprint density at radius 2 is 2.05 bits per heavy atom. The Bertz CT molecular complexity index is 771. The Labute approximate surface area is 132 Å². The normalized spacial score (nSPS) is 23.0. The van der Waals surface area contributed by atoms with Crippen LogP contribution < -0.4 is 0 Å². The summed E-state index contributed by atoms with van der Waals surface area (Å²) in [5.74, 6) is 0.907. The van der Waals surface area contributed by atoms with Crippen LogP contribution in [0.3, 0.4) is 0 Å². The SMILES string of the molecule is Cc1ccc(C2(O)c3ccccc3C3=NCCN32)cc1Br. The highest BCUT2D eigenvalue weighted by molar-refractivity contribution is 9.10. The molecule has 2 aromatic rings. The van der Waals surface area contributed by atoms with Crippen LogP contribution in [0.2, 0.25) is 0 Å². The lowest BCUT2D eigenvalue weighted by atomic mass is 9.93. The Balaban J connectivity index is 1.98. The monoisotopic (exact) mass is 342 g/mol. The molecule has 1 atom stereocenters.